The highest BCUT2D eigenvalue weighted by atomic mass is 16.4. The molecule has 1 aliphatic rings. The Hall–Kier alpha value is -6.36. The quantitative estimate of drug-likeness (QED) is 0.0339. The van der Waals surface area contributed by atoms with Gasteiger partial charge >= 0.3 is 11.9 Å². The molecule has 0 spiro atoms. The second-order valence-corrected chi connectivity index (χ2v) is 11.6. The lowest BCUT2D eigenvalue weighted by Gasteiger charge is -2.42. The van der Waals surface area contributed by atoms with Crippen LogP contribution in [-0.4, -0.2) is 86.1 Å². The van der Waals surface area contributed by atoms with Crippen molar-refractivity contribution >= 4 is 35.6 Å². The molecule has 14 N–H and O–H groups in total. The number of rotatable bonds is 15. The molecule has 3 aromatic carbocycles. The lowest BCUT2D eigenvalue weighted by Crippen LogP contribution is -2.78. The maximum absolute atomic E-state index is 13.7. The number of phenols is 3. The van der Waals surface area contributed by atoms with Crippen LogP contribution in [0.4, 0.5) is 0 Å². The standard InChI is InChI=1S/C33H38N8O9/c34-25(17-3-9-20(42)10-4-17)29(46)38-23(2-1-15-37-33(35)36)28(45)40-26(18-5-11-21(43)12-6-18)30(47)39-24-16-41(31(24)48)27(32(49)50)19-7-13-22(44)14-8-19/h3-14,23-27,42-44H,1-2,15-16,34H2,(H,38,46)(H,39,47)(H,40,45)(H,49,50)(H4,35,36,37)/p+1/t23-,24-,25-,26+,27-/m0/s1. The molecule has 0 radical (unpaired) electrons. The highest BCUT2D eigenvalue weighted by Crippen LogP contribution is 2.29. The van der Waals surface area contributed by atoms with Gasteiger partial charge in [0, 0.05) is 0 Å². The summed E-state index contributed by atoms with van der Waals surface area (Å²) in [6, 6.07) is 9.95. The van der Waals surface area contributed by atoms with E-state index in [2.05, 4.69) is 20.9 Å². The molecule has 4 amide bonds. The third-order valence-electron chi connectivity index (χ3n) is 7.97. The number of carbonyl (C=O) groups excluding carboxylic acids is 4. The van der Waals surface area contributed by atoms with Crippen LogP contribution in [0.5, 0.6) is 17.2 Å². The number of nitrogens with two attached hydrogens (primary N) is 3. The number of hydrogen-bond donors (Lipinski definition) is 11. The summed E-state index contributed by atoms with van der Waals surface area (Å²) in [4.78, 5) is 69.5. The van der Waals surface area contributed by atoms with Gasteiger partial charge in [-0.2, -0.15) is 0 Å². The summed E-state index contributed by atoms with van der Waals surface area (Å²) in [7, 11) is 0. The van der Waals surface area contributed by atoms with Gasteiger partial charge in [0.1, 0.15) is 41.4 Å². The summed E-state index contributed by atoms with van der Waals surface area (Å²) < 4.78 is 0. The van der Waals surface area contributed by atoms with Crippen molar-refractivity contribution < 1.29 is 49.4 Å². The van der Waals surface area contributed by atoms with Gasteiger partial charge in [0.2, 0.25) is 23.6 Å². The molecule has 1 aliphatic heterocycles. The Morgan fingerprint density at radius 1 is 0.780 bits per heavy atom. The van der Waals surface area contributed by atoms with Crippen molar-refractivity contribution in [3.63, 3.8) is 0 Å². The predicted octanol–water partition coefficient (Wildman–Crippen LogP) is -2.57. The van der Waals surface area contributed by atoms with Gasteiger partial charge in [0.25, 0.3) is 0 Å². The summed E-state index contributed by atoms with van der Waals surface area (Å²) in [5.41, 5.74) is 17.9. The monoisotopic (exact) mass is 691 g/mol. The SMILES string of the molecule is NC(N)=[NH+]CCC[C@H](NC(=O)[C@@H](N)c1ccc(O)cc1)C(=O)N[C@@H](C(=O)N[C@H]1CN([C@H](C(=O)O)c2ccc(O)cc2)C1=O)c1ccc(O)cc1. The number of aliphatic carboxylic acids is 1. The topological polar surface area (TPSA) is 298 Å². The van der Waals surface area contributed by atoms with Crippen LogP contribution < -0.4 is 38.1 Å². The Bertz CT molecular complexity index is 1730. The van der Waals surface area contributed by atoms with E-state index in [9.17, 15) is 44.4 Å². The molecule has 0 unspecified atom stereocenters. The van der Waals surface area contributed by atoms with Gasteiger partial charge in [-0.1, -0.05) is 36.4 Å². The van der Waals surface area contributed by atoms with Gasteiger partial charge in [-0.25, -0.2) is 4.79 Å². The molecule has 264 valence electrons. The highest BCUT2D eigenvalue weighted by Gasteiger charge is 2.45. The molecule has 5 atom stereocenters. The molecule has 3 aromatic rings. The molecule has 50 heavy (non-hydrogen) atoms. The number of β-lactam (4-membered cyclic amide) rings is 1. The first-order chi connectivity index (χ1) is 23.7. The highest BCUT2D eigenvalue weighted by molar-refractivity contribution is 5.98. The van der Waals surface area contributed by atoms with E-state index in [-0.39, 0.29) is 53.8 Å². The van der Waals surface area contributed by atoms with Gasteiger partial charge in [-0.05, 0) is 65.9 Å². The van der Waals surface area contributed by atoms with Crippen LogP contribution in [0.25, 0.3) is 0 Å². The van der Waals surface area contributed by atoms with Crippen molar-refractivity contribution in [3.8, 4) is 17.2 Å². The van der Waals surface area contributed by atoms with Crippen molar-refractivity contribution in [2.45, 2.75) is 43.1 Å². The van der Waals surface area contributed by atoms with Gasteiger partial charge < -0.3 is 47.0 Å². The van der Waals surface area contributed by atoms with E-state index >= 15 is 0 Å². The Morgan fingerprint density at radius 3 is 1.80 bits per heavy atom. The van der Waals surface area contributed by atoms with E-state index in [1.54, 1.807) is 0 Å². The molecule has 17 nitrogen and oxygen atoms in total. The third-order valence-corrected chi connectivity index (χ3v) is 7.97. The van der Waals surface area contributed by atoms with Crippen LogP contribution in [0, 0.1) is 0 Å². The molecule has 4 rings (SSSR count). The van der Waals surface area contributed by atoms with E-state index in [0.29, 0.717) is 12.0 Å². The molecule has 0 aromatic heterocycles. The van der Waals surface area contributed by atoms with Crippen LogP contribution in [0.2, 0.25) is 0 Å². The number of benzene rings is 3. The zero-order valence-corrected chi connectivity index (χ0v) is 26.7. The van der Waals surface area contributed by atoms with E-state index in [4.69, 9.17) is 17.2 Å². The zero-order valence-electron chi connectivity index (χ0n) is 26.7. The average Bonchev–Trinajstić information content (AvgIpc) is 3.08. The lowest BCUT2D eigenvalue weighted by atomic mass is 9.97. The third kappa shape index (κ3) is 9.16. The lowest BCUT2D eigenvalue weighted by molar-refractivity contribution is -0.459. The minimum Gasteiger partial charge on any atom is -0.508 e. The van der Waals surface area contributed by atoms with E-state index in [0.717, 1.165) is 4.90 Å². The number of likely N-dealkylation sites (tertiary alicyclic amines) is 1. The minimum absolute atomic E-state index is 0.0315. The first-order valence-corrected chi connectivity index (χ1v) is 15.4. The molecule has 1 heterocycles. The Balaban J connectivity index is 1.51. The fourth-order valence-corrected chi connectivity index (χ4v) is 5.27. The second kappa shape index (κ2) is 16.2. The van der Waals surface area contributed by atoms with E-state index in [1.807, 2.05) is 0 Å². The number of carboxylic acid groups (broad SMARTS) is 1. The van der Waals surface area contributed by atoms with Crippen molar-refractivity contribution in [1.29, 1.82) is 0 Å². The Morgan fingerprint density at radius 2 is 1.30 bits per heavy atom. The van der Waals surface area contributed by atoms with Crippen molar-refractivity contribution in [2.75, 3.05) is 13.1 Å². The predicted molar refractivity (Wildman–Crippen MR) is 177 cm³/mol. The fraction of sp³-hybridized carbons (Fsp3) is 0.273. The number of phenolic OH excluding ortho intramolecular Hbond substituents is 3. The molecule has 1 fully saturated rings. The first kappa shape index (κ1) is 36.5. The normalized spacial score (nSPS) is 16.1. The zero-order chi connectivity index (χ0) is 36.5. The maximum Gasteiger partial charge on any atom is 0.338 e. The number of nitrogens with zero attached hydrogens (tertiary/aromatic N) is 1. The summed E-state index contributed by atoms with van der Waals surface area (Å²) >= 11 is 0. The summed E-state index contributed by atoms with van der Waals surface area (Å²) in [5.74, 6) is -4.61. The molecule has 17 heteroatoms. The number of hydrogen-bond acceptors (Lipinski definition) is 9. The number of guanidine groups is 1. The largest absolute Gasteiger partial charge is 0.508 e. The fourth-order valence-electron chi connectivity index (χ4n) is 5.27. The smallest absolute Gasteiger partial charge is 0.338 e. The Labute approximate surface area is 285 Å². The van der Waals surface area contributed by atoms with Crippen LogP contribution in [0.1, 0.15) is 47.7 Å². The maximum atomic E-state index is 13.7. The molecular formula is C33H39N8O9+. The van der Waals surface area contributed by atoms with Crippen LogP contribution in [0.15, 0.2) is 72.8 Å². The molecular weight excluding hydrogens is 652 g/mol. The Kier molecular flexibility index (Phi) is 11.8. The van der Waals surface area contributed by atoms with Crippen LogP contribution in [0.3, 0.4) is 0 Å². The minimum atomic E-state index is -1.42. The second-order valence-electron chi connectivity index (χ2n) is 11.6. The molecule has 0 aliphatic carbocycles. The van der Waals surface area contributed by atoms with Crippen molar-refractivity contribution in [1.82, 2.24) is 20.9 Å². The summed E-state index contributed by atoms with van der Waals surface area (Å²) in [6.07, 6.45) is 0.340. The van der Waals surface area contributed by atoms with Gasteiger partial charge in [0.05, 0.1) is 13.1 Å². The van der Waals surface area contributed by atoms with Crippen molar-refractivity contribution in [2.24, 2.45) is 17.2 Å². The molecule has 1 saturated heterocycles. The number of aromatic hydroxyl groups is 3. The van der Waals surface area contributed by atoms with Gasteiger partial charge in [-0.15, -0.1) is 0 Å². The van der Waals surface area contributed by atoms with E-state index in [1.165, 1.54) is 72.8 Å². The van der Waals surface area contributed by atoms with Crippen LogP contribution >= 0.6 is 0 Å². The van der Waals surface area contributed by atoms with E-state index < -0.39 is 59.8 Å². The summed E-state index contributed by atoms with van der Waals surface area (Å²) in [5, 5.41) is 46.6. The summed E-state index contributed by atoms with van der Waals surface area (Å²) in [6.45, 7) is 0.0798. The number of carboxylic acids is 1. The number of amides is 4. The first-order valence-electron chi connectivity index (χ1n) is 15.4. The molecule has 0 bridgehead atoms. The van der Waals surface area contributed by atoms with Gasteiger partial charge in [0.15, 0.2) is 6.04 Å². The number of carbonyl (C=O) groups is 5. The van der Waals surface area contributed by atoms with Crippen LogP contribution in [-0.2, 0) is 24.0 Å². The number of nitrogens with one attached hydrogen (secondary N) is 4. The average molecular weight is 692 g/mol. The van der Waals surface area contributed by atoms with Crippen molar-refractivity contribution in [3.05, 3.63) is 89.5 Å². The molecule has 0 saturated carbocycles. The van der Waals surface area contributed by atoms with Gasteiger partial charge in [-0.3, -0.25) is 35.6 Å².